The molecule has 1 aliphatic heterocycles. The monoisotopic (exact) mass is 312 g/mol. The van der Waals surface area contributed by atoms with Gasteiger partial charge in [0.2, 0.25) is 5.91 Å². The molecular weight excluding hydrogens is 296 g/mol. The van der Waals surface area contributed by atoms with Crippen molar-refractivity contribution in [3.05, 3.63) is 41.7 Å². The van der Waals surface area contributed by atoms with E-state index in [-0.39, 0.29) is 19.1 Å². The Labute approximate surface area is 131 Å². The highest BCUT2D eigenvalue weighted by Gasteiger charge is 2.22. The fraction of sp³-hybridized carbons (Fsp3) is 0.333. The van der Waals surface area contributed by atoms with Gasteiger partial charge in [-0.3, -0.25) is 9.48 Å². The van der Waals surface area contributed by atoms with Gasteiger partial charge in [-0.1, -0.05) is 12.1 Å². The summed E-state index contributed by atoms with van der Waals surface area (Å²) in [6.07, 6.45) is 0. The summed E-state index contributed by atoms with van der Waals surface area (Å²) < 4.78 is 1.84. The third-order valence-corrected chi connectivity index (χ3v) is 3.97. The number of aliphatic hydroxyl groups excluding tert-OH is 1. The molecule has 0 atom stereocenters. The third-order valence-electron chi connectivity index (χ3n) is 3.97. The summed E-state index contributed by atoms with van der Waals surface area (Å²) in [7, 11) is 0. The molecule has 1 aliphatic rings. The van der Waals surface area contributed by atoms with E-state index in [9.17, 15) is 4.79 Å². The van der Waals surface area contributed by atoms with Crippen molar-refractivity contribution in [2.24, 2.45) is 0 Å². The Kier molecular flexibility index (Phi) is 3.30. The number of hydrogen-bond acceptors (Lipinski definition) is 5. The van der Waals surface area contributed by atoms with Gasteiger partial charge in [-0.25, -0.2) is 0 Å². The molecule has 3 aromatic rings. The van der Waals surface area contributed by atoms with Gasteiger partial charge in [0, 0.05) is 6.54 Å². The topological polar surface area (TPSA) is 89.1 Å². The predicted molar refractivity (Wildman–Crippen MR) is 81.1 cm³/mol. The normalized spacial score (nSPS) is 14.2. The molecule has 0 saturated heterocycles. The first kappa shape index (κ1) is 13.9. The van der Waals surface area contributed by atoms with Crippen LogP contribution in [-0.4, -0.2) is 47.2 Å². The largest absolute Gasteiger partial charge is 0.390 e. The van der Waals surface area contributed by atoms with Crippen molar-refractivity contribution >= 4 is 16.9 Å². The minimum absolute atomic E-state index is 0.0247. The van der Waals surface area contributed by atoms with Crippen molar-refractivity contribution in [2.75, 3.05) is 6.54 Å². The Balaban J connectivity index is 1.49. The molecular formula is C15H16N6O2. The maximum atomic E-state index is 12.5. The number of rotatable bonds is 3. The number of aliphatic hydroxyl groups is 1. The minimum Gasteiger partial charge on any atom is -0.390 e. The van der Waals surface area contributed by atoms with E-state index in [2.05, 4.69) is 15.3 Å². The van der Waals surface area contributed by atoms with Crippen molar-refractivity contribution in [2.45, 2.75) is 26.2 Å². The van der Waals surface area contributed by atoms with E-state index in [0.29, 0.717) is 25.3 Å². The summed E-state index contributed by atoms with van der Waals surface area (Å²) in [5.41, 5.74) is 3.13. The number of carbonyl (C=O) groups excluding carboxylic acids is 1. The third kappa shape index (κ3) is 2.57. The van der Waals surface area contributed by atoms with Crippen LogP contribution in [0.5, 0.6) is 0 Å². The van der Waals surface area contributed by atoms with E-state index in [1.54, 1.807) is 4.90 Å². The molecule has 0 unspecified atom stereocenters. The van der Waals surface area contributed by atoms with Crippen LogP contribution in [0.4, 0.5) is 0 Å². The van der Waals surface area contributed by atoms with Gasteiger partial charge < -0.3 is 10.0 Å². The molecule has 1 N–H and O–H groups in total. The number of amides is 1. The summed E-state index contributed by atoms with van der Waals surface area (Å²) in [6.45, 7) is 1.76. The molecule has 0 fully saturated rings. The number of benzene rings is 1. The molecule has 0 spiro atoms. The number of aromatic nitrogens is 5. The first-order valence-electron chi connectivity index (χ1n) is 7.47. The Morgan fingerprint density at radius 3 is 2.57 bits per heavy atom. The van der Waals surface area contributed by atoms with E-state index < -0.39 is 0 Å². The molecule has 118 valence electrons. The Hall–Kier alpha value is -2.74. The first-order valence-corrected chi connectivity index (χ1v) is 7.47. The number of fused-ring (bicyclic) bond motifs is 2. The predicted octanol–water partition coefficient (Wildman–Crippen LogP) is 0.162. The highest BCUT2D eigenvalue weighted by Crippen LogP contribution is 2.14. The number of carbonyl (C=O) groups is 1. The van der Waals surface area contributed by atoms with Crippen LogP contribution in [0.15, 0.2) is 30.3 Å². The SMILES string of the molecule is O=C(Cn1nc2ccccc2n1)N1CCn2nc(CO)cc2C1. The van der Waals surface area contributed by atoms with Gasteiger partial charge in [-0.2, -0.15) is 20.1 Å². The molecule has 0 aliphatic carbocycles. The van der Waals surface area contributed by atoms with Crippen LogP contribution >= 0.6 is 0 Å². The van der Waals surface area contributed by atoms with Crippen LogP contribution in [0.25, 0.3) is 11.0 Å². The lowest BCUT2D eigenvalue weighted by Gasteiger charge is -2.27. The van der Waals surface area contributed by atoms with Crippen molar-refractivity contribution in [3.63, 3.8) is 0 Å². The Morgan fingerprint density at radius 2 is 1.87 bits per heavy atom. The van der Waals surface area contributed by atoms with Gasteiger partial charge in [-0.15, -0.1) is 0 Å². The molecule has 8 heteroatoms. The fourth-order valence-electron chi connectivity index (χ4n) is 2.81. The summed E-state index contributed by atoms with van der Waals surface area (Å²) >= 11 is 0. The maximum absolute atomic E-state index is 12.5. The zero-order chi connectivity index (χ0) is 15.8. The zero-order valence-electron chi connectivity index (χ0n) is 12.5. The summed E-state index contributed by atoms with van der Waals surface area (Å²) in [6, 6.07) is 9.37. The number of hydrogen-bond donors (Lipinski definition) is 1. The van der Waals surface area contributed by atoms with Crippen LogP contribution in [0.3, 0.4) is 0 Å². The quantitative estimate of drug-likeness (QED) is 0.744. The van der Waals surface area contributed by atoms with Crippen LogP contribution in [-0.2, 0) is 31.0 Å². The minimum atomic E-state index is -0.0856. The lowest BCUT2D eigenvalue weighted by molar-refractivity contribution is -0.133. The second kappa shape index (κ2) is 5.47. The second-order valence-corrected chi connectivity index (χ2v) is 5.54. The molecule has 0 saturated carbocycles. The molecule has 1 aromatic carbocycles. The summed E-state index contributed by atoms with van der Waals surface area (Å²) in [5.74, 6) is -0.0247. The van der Waals surface area contributed by atoms with E-state index >= 15 is 0 Å². The molecule has 4 rings (SSSR count). The molecule has 0 radical (unpaired) electrons. The molecule has 1 amide bonds. The van der Waals surface area contributed by atoms with Crippen LogP contribution in [0, 0.1) is 0 Å². The molecule has 0 bridgehead atoms. The summed E-state index contributed by atoms with van der Waals surface area (Å²) in [5, 5.41) is 22.1. The van der Waals surface area contributed by atoms with Gasteiger partial charge in [0.1, 0.15) is 17.6 Å². The number of nitrogens with zero attached hydrogens (tertiary/aromatic N) is 6. The van der Waals surface area contributed by atoms with E-state index in [0.717, 1.165) is 16.7 Å². The van der Waals surface area contributed by atoms with Gasteiger partial charge in [0.05, 0.1) is 31.1 Å². The lowest BCUT2D eigenvalue weighted by Crippen LogP contribution is -2.40. The lowest BCUT2D eigenvalue weighted by atomic mass is 10.3. The smallest absolute Gasteiger partial charge is 0.246 e. The molecule has 8 nitrogen and oxygen atoms in total. The van der Waals surface area contributed by atoms with Crippen molar-refractivity contribution in [1.29, 1.82) is 0 Å². The highest BCUT2D eigenvalue weighted by atomic mass is 16.3. The zero-order valence-corrected chi connectivity index (χ0v) is 12.5. The van der Waals surface area contributed by atoms with E-state index in [1.807, 2.05) is 35.0 Å². The Bertz CT molecular complexity index is 835. The van der Waals surface area contributed by atoms with Crippen LogP contribution < -0.4 is 0 Å². The Morgan fingerprint density at radius 1 is 1.13 bits per heavy atom. The summed E-state index contributed by atoms with van der Waals surface area (Å²) in [4.78, 5) is 15.7. The van der Waals surface area contributed by atoms with Gasteiger partial charge in [0.15, 0.2) is 0 Å². The van der Waals surface area contributed by atoms with Crippen LogP contribution in [0.2, 0.25) is 0 Å². The van der Waals surface area contributed by atoms with Gasteiger partial charge in [0.25, 0.3) is 0 Å². The average Bonchev–Trinajstić information content (AvgIpc) is 3.16. The van der Waals surface area contributed by atoms with Crippen molar-refractivity contribution in [1.82, 2.24) is 29.7 Å². The second-order valence-electron chi connectivity index (χ2n) is 5.54. The van der Waals surface area contributed by atoms with Crippen LogP contribution in [0.1, 0.15) is 11.4 Å². The van der Waals surface area contributed by atoms with Gasteiger partial charge in [-0.05, 0) is 18.2 Å². The average molecular weight is 312 g/mol. The molecule has 2 aromatic heterocycles. The maximum Gasteiger partial charge on any atom is 0.246 e. The standard InChI is InChI=1S/C15H16N6O2/c22-10-11-7-12-8-19(5-6-20(12)16-11)15(23)9-21-17-13-3-1-2-4-14(13)18-21/h1-4,7,22H,5-6,8-10H2. The molecule has 3 heterocycles. The first-order chi connectivity index (χ1) is 11.2. The molecule has 23 heavy (non-hydrogen) atoms. The highest BCUT2D eigenvalue weighted by molar-refractivity contribution is 5.77. The van der Waals surface area contributed by atoms with Crippen molar-refractivity contribution in [3.8, 4) is 0 Å². The van der Waals surface area contributed by atoms with Crippen molar-refractivity contribution < 1.29 is 9.90 Å². The fourth-order valence-corrected chi connectivity index (χ4v) is 2.81. The van der Waals surface area contributed by atoms with E-state index in [1.165, 1.54) is 4.80 Å². The van der Waals surface area contributed by atoms with E-state index in [4.69, 9.17) is 5.11 Å². The van der Waals surface area contributed by atoms with Gasteiger partial charge >= 0.3 is 0 Å².